The van der Waals surface area contributed by atoms with Crippen LogP contribution in [-0.4, -0.2) is 42.3 Å². The van der Waals surface area contributed by atoms with E-state index in [4.69, 9.17) is 5.73 Å². The average Bonchev–Trinajstić information content (AvgIpc) is 2.76. The maximum absolute atomic E-state index is 13.3. The van der Waals surface area contributed by atoms with Crippen LogP contribution < -0.4 is 10.6 Å². The van der Waals surface area contributed by atoms with Crippen LogP contribution in [0.5, 0.6) is 0 Å². The van der Waals surface area contributed by atoms with Crippen LogP contribution in [0.1, 0.15) is 18.4 Å². The molecule has 0 spiro atoms. The van der Waals surface area contributed by atoms with Crippen molar-refractivity contribution in [2.45, 2.75) is 17.7 Å². The monoisotopic (exact) mass is 499 g/mol. The van der Waals surface area contributed by atoms with Crippen LogP contribution in [0.15, 0.2) is 62.8 Å². The number of amides is 3. The largest absolute Gasteiger partial charge is 0.369 e. The summed E-state index contributed by atoms with van der Waals surface area (Å²) >= 11 is 4.87. The second-order valence-corrected chi connectivity index (χ2v) is 9.58. The highest BCUT2D eigenvalue weighted by atomic mass is 79.9. The molecule has 0 aliphatic carbocycles. The summed E-state index contributed by atoms with van der Waals surface area (Å²) in [5, 5.41) is 0. The summed E-state index contributed by atoms with van der Waals surface area (Å²) < 4.78 is 0.932. The Morgan fingerprint density at radius 2 is 1.87 bits per heavy atom. The molecule has 1 saturated heterocycles. The van der Waals surface area contributed by atoms with Gasteiger partial charge in [-0.3, -0.25) is 19.3 Å². The number of nitrogens with zero attached hydrogens (tertiary/aromatic N) is 2. The Kier molecular flexibility index (Phi) is 6.48. The van der Waals surface area contributed by atoms with Crippen molar-refractivity contribution in [2.24, 2.45) is 11.7 Å². The van der Waals surface area contributed by atoms with Crippen LogP contribution in [0.2, 0.25) is 0 Å². The van der Waals surface area contributed by atoms with Gasteiger partial charge < -0.3 is 10.6 Å². The molecule has 2 heterocycles. The number of piperidine rings is 1. The molecule has 8 heteroatoms. The number of benzene rings is 2. The molecule has 0 unspecified atom stereocenters. The van der Waals surface area contributed by atoms with Gasteiger partial charge in [0.1, 0.15) is 6.54 Å². The van der Waals surface area contributed by atoms with Crippen LogP contribution in [0.3, 0.4) is 0 Å². The van der Waals surface area contributed by atoms with Gasteiger partial charge in [0.2, 0.25) is 11.8 Å². The van der Waals surface area contributed by atoms with E-state index < -0.39 is 0 Å². The van der Waals surface area contributed by atoms with Crippen LogP contribution in [-0.2, 0) is 14.4 Å². The summed E-state index contributed by atoms with van der Waals surface area (Å²) in [5.74, 6) is -0.812. The second-order valence-electron chi connectivity index (χ2n) is 7.58. The number of anilines is 1. The van der Waals surface area contributed by atoms with Crippen LogP contribution >= 0.6 is 27.7 Å². The number of hydrogen-bond acceptors (Lipinski definition) is 4. The normalized spacial score (nSPS) is 18.2. The SMILES string of the molecule is NC(=O)C1CCN(C(=O)CN2C(=O)C(=Cc3cccc(Br)c3)Sc3ccccc32)CC1. The number of thioether (sulfide) groups is 1. The van der Waals surface area contributed by atoms with E-state index in [0.717, 1.165) is 20.6 Å². The molecule has 2 aromatic rings. The number of para-hydroxylation sites is 1. The van der Waals surface area contributed by atoms with Gasteiger partial charge in [-0.25, -0.2) is 0 Å². The number of halogens is 1. The van der Waals surface area contributed by atoms with E-state index in [0.29, 0.717) is 30.8 Å². The fourth-order valence-corrected chi connectivity index (χ4v) is 5.29. The molecule has 0 bridgehead atoms. The number of primary amides is 1. The van der Waals surface area contributed by atoms with E-state index in [2.05, 4.69) is 15.9 Å². The number of likely N-dealkylation sites (tertiary alicyclic amines) is 1. The molecule has 0 atom stereocenters. The van der Waals surface area contributed by atoms with E-state index in [9.17, 15) is 14.4 Å². The first-order valence-electron chi connectivity index (χ1n) is 10.1. The molecule has 31 heavy (non-hydrogen) atoms. The lowest BCUT2D eigenvalue weighted by Gasteiger charge is -2.34. The molecule has 2 aromatic carbocycles. The lowest BCUT2D eigenvalue weighted by atomic mass is 9.96. The zero-order valence-corrected chi connectivity index (χ0v) is 19.2. The van der Waals surface area contributed by atoms with E-state index in [1.807, 2.05) is 54.6 Å². The summed E-state index contributed by atoms with van der Waals surface area (Å²) in [4.78, 5) is 42.5. The van der Waals surface area contributed by atoms with Gasteiger partial charge in [0, 0.05) is 28.4 Å². The molecule has 160 valence electrons. The number of rotatable bonds is 4. The minimum absolute atomic E-state index is 0.0343. The standard InChI is InChI=1S/C23H22BrN3O3S/c24-17-5-3-4-15(12-17)13-20-23(30)27(18-6-1-2-7-19(18)31-20)14-21(28)26-10-8-16(9-11-26)22(25)29/h1-7,12-13,16H,8-11,14H2,(H2,25,29). The van der Waals surface area contributed by atoms with E-state index in [1.54, 1.807) is 9.80 Å². The quantitative estimate of drug-likeness (QED) is 0.650. The zero-order chi connectivity index (χ0) is 22.0. The van der Waals surface area contributed by atoms with Crippen molar-refractivity contribution in [3.63, 3.8) is 0 Å². The Balaban J connectivity index is 1.56. The first-order chi connectivity index (χ1) is 14.9. The summed E-state index contributed by atoms with van der Waals surface area (Å²) in [5.41, 5.74) is 7.04. The number of carbonyl (C=O) groups excluding carboxylic acids is 3. The highest BCUT2D eigenvalue weighted by Crippen LogP contribution is 2.42. The second kappa shape index (κ2) is 9.28. The molecular formula is C23H22BrN3O3S. The Morgan fingerprint density at radius 1 is 1.13 bits per heavy atom. The Labute approximate surface area is 193 Å². The van der Waals surface area contributed by atoms with Crippen molar-refractivity contribution in [3.8, 4) is 0 Å². The molecular weight excluding hydrogens is 478 g/mol. The highest BCUT2D eigenvalue weighted by Gasteiger charge is 2.33. The third-order valence-electron chi connectivity index (χ3n) is 5.52. The van der Waals surface area contributed by atoms with Gasteiger partial charge in [-0.2, -0.15) is 0 Å². The third-order valence-corrected chi connectivity index (χ3v) is 7.09. The molecule has 0 aromatic heterocycles. The number of nitrogens with two attached hydrogens (primary N) is 1. The lowest BCUT2D eigenvalue weighted by Crippen LogP contribution is -2.48. The first-order valence-corrected chi connectivity index (χ1v) is 11.7. The van der Waals surface area contributed by atoms with E-state index in [1.165, 1.54) is 11.8 Å². The van der Waals surface area contributed by atoms with Gasteiger partial charge in [-0.15, -0.1) is 0 Å². The topological polar surface area (TPSA) is 83.7 Å². The molecule has 0 saturated carbocycles. The number of hydrogen-bond donors (Lipinski definition) is 1. The van der Waals surface area contributed by atoms with E-state index >= 15 is 0 Å². The number of carbonyl (C=O) groups is 3. The Morgan fingerprint density at radius 3 is 2.58 bits per heavy atom. The maximum atomic E-state index is 13.3. The van der Waals surface area contributed by atoms with Gasteiger partial charge in [0.15, 0.2) is 0 Å². The zero-order valence-electron chi connectivity index (χ0n) is 16.8. The minimum atomic E-state index is -0.313. The molecule has 6 nitrogen and oxygen atoms in total. The van der Waals surface area contributed by atoms with Gasteiger partial charge in [0.05, 0.1) is 10.6 Å². The van der Waals surface area contributed by atoms with Crippen molar-refractivity contribution in [1.82, 2.24) is 4.90 Å². The maximum Gasteiger partial charge on any atom is 0.265 e. The van der Waals surface area contributed by atoms with Crippen LogP contribution in [0, 0.1) is 5.92 Å². The Bertz CT molecular complexity index is 1060. The highest BCUT2D eigenvalue weighted by molar-refractivity contribution is 9.10. The fraction of sp³-hybridized carbons (Fsp3) is 0.261. The Hall–Kier alpha value is -2.58. The summed E-state index contributed by atoms with van der Waals surface area (Å²) in [6.07, 6.45) is 2.98. The third kappa shape index (κ3) is 4.85. The smallest absolute Gasteiger partial charge is 0.265 e. The molecule has 0 radical (unpaired) electrons. The van der Waals surface area contributed by atoms with Crippen molar-refractivity contribution >= 4 is 57.2 Å². The van der Waals surface area contributed by atoms with Gasteiger partial charge in [-0.1, -0.05) is 52.0 Å². The van der Waals surface area contributed by atoms with Gasteiger partial charge in [0.25, 0.3) is 5.91 Å². The molecule has 2 N–H and O–H groups in total. The van der Waals surface area contributed by atoms with Crippen molar-refractivity contribution in [1.29, 1.82) is 0 Å². The van der Waals surface area contributed by atoms with Crippen LogP contribution in [0.4, 0.5) is 5.69 Å². The van der Waals surface area contributed by atoms with E-state index in [-0.39, 0.29) is 30.2 Å². The summed E-state index contributed by atoms with van der Waals surface area (Å²) in [6, 6.07) is 15.3. The van der Waals surface area contributed by atoms with Gasteiger partial charge in [-0.05, 0) is 48.7 Å². The van der Waals surface area contributed by atoms with Gasteiger partial charge >= 0.3 is 0 Å². The summed E-state index contributed by atoms with van der Waals surface area (Å²) in [7, 11) is 0. The molecule has 3 amide bonds. The predicted molar refractivity (Wildman–Crippen MR) is 125 cm³/mol. The lowest BCUT2D eigenvalue weighted by molar-refractivity contribution is -0.134. The van der Waals surface area contributed by atoms with Crippen molar-refractivity contribution < 1.29 is 14.4 Å². The van der Waals surface area contributed by atoms with Crippen LogP contribution in [0.25, 0.3) is 6.08 Å². The average molecular weight is 500 g/mol. The summed E-state index contributed by atoms with van der Waals surface area (Å²) in [6.45, 7) is 0.921. The molecule has 1 fully saturated rings. The van der Waals surface area contributed by atoms with Crippen molar-refractivity contribution in [3.05, 3.63) is 63.5 Å². The predicted octanol–water partition coefficient (Wildman–Crippen LogP) is 3.65. The molecule has 2 aliphatic heterocycles. The minimum Gasteiger partial charge on any atom is -0.369 e. The first kappa shape index (κ1) is 21.6. The van der Waals surface area contributed by atoms with Crippen molar-refractivity contribution in [2.75, 3.05) is 24.5 Å². The number of fused-ring (bicyclic) bond motifs is 1. The molecule has 2 aliphatic rings. The fourth-order valence-electron chi connectivity index (χ4n) is 3.82. The molecule has 4 rings (SSSR count).